The zero-order valence-corrected chi connectivity index (χ0v) is 8.52. The number of thioether (sulfide) groups is 1. The van der Waals surface area contributed by atoms with Gasteiger partial charge in [-0.15, -0.1) is 0 Å². The van der Waals surface area contributed by atoms with Crippen LogP contribution in [0.1, 0.15) is 21.6 Å². The zero-order valence-electron chi connectivity index (χ0n) is 9.70. The van der Waals surface area contributed by atoms with E-state index in [1.807, 2.05) is 0 Å². The van der Waals surface area contributed by atoms with Crippen LogP contribution in [0, 0.1) is 0 Å². The summed E-state index contributed by atoms with van der Waals surface area (Å²) >= 11 is 0.966. The van der Waals surface area contributed by atoms with Crippen LogP contribution in [0.25, 0.3) is 0 Å². The van der Waals surface area contributed by atoms with Gasteiger partial charge in [0.2, 0.25) is 7.34 Å². The maximum atomic E-state index is 11.3. The average molecular weight is 207 g/mol. The first-order chi connectivity index (χ1) is 6.99. The van der Waals surface area contributed by atoms with E-state index in [0.29, 0.717) is 12.3 Å². The third-order valence-electron chi connectivity index (χ3n) is 1.09. The van der Waals surface area contributed by atoms with E-state index in [9.17, 15) is 9.59 Å². The smallest absolute Gasteiger partial charge is 0.216 e. The van der Waals surface area contributed by atoms with Gasteiger partial charge in [0.15, 0.2) is 5.12 Å². The number of carbonyl (C=O) groups excluding carboxylic acids is 2. The third kappa shape index (κ3) is 9.36. The molecule has 2 N–H and O–H groups in total. The van der Waals surface area contributed by atoms with Crippen molar-refractivity contribution in [3.63, 3.8) is 0 Å². The SMILES string of the molecule is [2H]O[C@H](C)[C@@H]([2H])C(=O)SCCNC(C)=O. The molecule has 0 aliphatic heterocycles. The lowest BCUT2D eigenvalue weighted by atomic mass is 10.3. The lowest BCUT2D eigenvalue weighted by molar-refractivity contribution is -0.119. The number of carbonyl (C=O) groups is 2. The normalized spacial score (nSPS) is 16.8. The summed E-state index contributed by atoms with van der Waals surface area (Å²) < 4.78 is 14.0. The van der Waals surface area contributed by atoms with Crippen molar-refractivity contribution in [3.8, 4) is 0 Å². The quantitative estimate of drug-likeness (QED) is 0.609. The number of amides is 1. The Morgan fingerprint density at radius 1 is 1.77 bits per heavy atom. The predicted octanol–water partition coefficient (Wildman–Crippen LogP) is 0.153. The number of hydrogen-bond donors (Lipinski definition) is 2. The Morgan fingerprint density at radius 3 is 3.00 bits per heavy atom. The van der Waals surface area contributed by atoms with Crippen molar-refractivity contribution in [2.75, 3.05) is 12.3 Å². The molecule has 1 amide bonds. The molecule has 0 unspecified atom stereocenters. The minimum absolute atomic E-state index is 0.145. The van der Waals surface area contributed by atoms with Crippen LogP contribution >= 0.6 is 11.8 Å². The van der Waals surface area contributed by atoms with E-state index < -0.39 is 12.5 Å². The van der Waals surface area contributed by atoms with Crippen molar-refractivity contribution in [1.82, 2.24) is 5.32 Å². The summed E-state index contributed by atoms with van der Waals surface area (Å²) in [5.41, 5.74) is 0. The zero-order chi connectivity index (χ0) is 11.8. The van der Waals surface area contributed by atoms with Gasteiger partial charge in [-0.2, -0.15) is 0 Å². The summed E-state index contributed by atoms with van der Waals surface area (Å²) in [5.74, 6) is 0.284. The second-order valence-electron chi connectivity index (χ2n) is 2.52. The number of nitrogens with one attached hydrogen (secondary N) is 1. The van der Waals surface area contributed by atoms with E-state index in [4.69, 9.17) is 2.80 Å². The van der Waals surface area contributed by atoms with Crippen LogP contribution in [0.15, 0.2) is 0 Å². The number of hydrogen-bond acceptors (Lipinski definition) is 4. The molecule has 2 atom stereocenters. The van der Waals surface area contributed by atoms with Crippen LogP contribution in [0.2, 0.25) is 0 Å². The van der Waals surface area contributed by atoms with Gasteiger partial charge in [0.05, 0.1) is 6.10 Å². The molecular formula is C8H15NO3S. The third-order valence-corrected chi connectivity index (χ3v) is 1.92. The fourth-order valence-corrected chi connectivity index (χ4v) is 1.31. The molecule has 13 heavy (non-hydrogen) atoms. The first kappa shape index (κ1) is 9.02. The highest BCUT2D eigenvalue weighted by atomic mass is 32.2. The van der Waals surface area contributed by atoms with E-state index in [1.165, 1.54) is 13.8 Å². The highest BCUT2D eigenvalue weighted by Gasteiger charge is 2.06. The van der Waals surface area contributed by atoms with E-state index >= 15 is 0 Å². The second kappa shape index (κ2) is 6.91. The van der Waals surface area contributed by atoms with Crippen LogP contribution in [0.3, 0.4) is 0 Å². The molecule has 0 radical (unpaired) electrons. The second-order valence-corrected chi connectivity index (χ2v) is 3.62. The molecule has 0 aromatic heterocycles. The maximum absolute atomic E-state index is 11.3. The van der Waals surface area contributed by atoms with E-state index in [1.54, 1.807) is 0 Å². The summed E-state index contributed by atoms with van der Waals surface area (Å²) in [6.07, 6.45) is -1.78. The molecule has 0 spiro atoms. The van der Waals surface area contributed by atoms with Gasteiger partial charge in [-0.25, -0.2) is 0 Å². The summed E-state index contributed by atoms with van der Waals surface area (Å²) in [6, 6.07) is 0. The van der Waals surface area contributed by atoms with Gasteiger partial charge in [0, 0.05) is 27.0 Å². The predicted molar refractivity (Wildman–Crippen MR) is 52.4 cm³/mol. The lowest BCUT2D eigenvalue weighted by Gasteiger charge is -2.03. The molecule has 0 aliphatic carbocycles. The molecule has 0 aromatic carbocycles. The number of aliphatic hydroxyl groups excluding tert-OH is 1. The topological polar surface area (TPSA) is 66.4 Å². The van der Waals surface area contributed by atoms with Crippen molar-refractivity contribution >= 4 is 22.8 Å². The molecule has 4 nitrogen and oxygen atoms in total. The minimum atomic E-state index is -1.05. The summed E-state index contributed by atoms with van der Waals surface area (Å²) in [5, 5.41) is 6.33. The molecule has 0 fully saturated rings. The van der Waals surface area contributed by atoms with Gasteiger partial charge in [0.25, 0.3) is 0 Å². The molecule has 0 heterocycles. The highest BCUT2D eigenvalue weighted by Crippen LogP contribution is 2.06. The van der Waals surface area contributed by atoms with Crippen LogP contribution < -0.4 is 5.32 Å². The maximum Gasteiger partial charge on any atom is 0.216 e. The fraction of sp³-hybridized carbons (Fsp3) is 0.750. The van der Waals surface area contributed by atoms with Crippen molar-refractivity contribution in [3.05, 3.63) is 0 Å². The Hall–Kier alpha value is -0.550. The number of rotatable bonds is 6. The Labute approximate surface area is 85.0 Å². The molecule has 0 aromatic rings. The van der Waals surface area contributed by atoms with E-state index in [0.717, 1.165) is 11.8 Å². The molecule has 0 rings (SSSR count). The monoisotopic (exact) mass is 207 g/mol. The summed E-state index contributed by atoms with van der Waals surface area (Å²) in [7, 11) is 0. The Morgan fingerprint density at radius 2 is 2.46 bits per heavy atom. The molecular weight excluding hydrogens is 190 g/mol. The molecule has 0 saturated heterocycles. The molecule has 76 valence electrons. The summed E-state index contributed by atoms with van der Waals surface area (Å²) in [6.45, 7) is 3.29. The summed E-state index contributed by atoms with van der Waals surface area (Å²) in [4.78, 5) is 21.8. The largest absolute Gasteiger partial charge is 0.393 e. The highest BCUT2D eigenvalue weighted by molar-refractivity contribution is 8.13. The van der Waals surface area contributed by atoms with Crippen LogP contribution in [0.5, 0.6) is 0 Å². The standard InChI is InChI=1S/C8H15NO3S/c1-6(10)5-8(12)13-4-3-9-7(2)11/h6,10H,3-5H2,1-2H3,(H,9,11)/t6-/m1/s1/i5D,10D/t5-,6-. The minimum Gasteiger partial charge on any atom is -0.393 e. The van der Waals surface area contributed by atoms with Gasteiger partial charge in [0.1, 0.15) is 0 Å². The molecule has 0 aliphatic rings. The van der Waals surface area contributed by atoms with Crippen molar-refractivity contribution in [2.45, 2.75) is 26.3 Å². The van der Waals surface area contributed by atoms with Crippen LogP contribution in [-0.2, 0) is 9.59 Å². The Kier molecular flexibility index (Phi) is 4.80. The van der Waals surface area contributed by atoms with Crippen molar-refractivity contribution < 1.29 is 16.1 Å². The van der Waals surface area contributed by atoms with E-state index in [-0.39, 0.29) is 11.0 Å². The molecule has 5 heteroatoms. The van der Waals surface area contributed by atoms with Crippen LogP contribution in [0.4, 0.5) is 0 Å². The van der Waals surface area contributed by atoms with E-state index in [2.05, 4.69) is 10.4 Å². The van der Waals surface area contributed by atoms with Gasteiger partial charge in [-0.1, -0.05) is 11.8 Å². The number of aliphatic hydroxyl groups is 1. The molecule has 0 saturated carbocycles. The van der Waals surface area contributed by atoms with Crippen molar-refractivity contribution in [1.29, 1.82) is 1.43 Å². The first-order valence-electron chi connectivity index (χ1n) is 4.93. The average Bonchev–Trinajstić information content (AvgIpc) is 2.21. The van der Waals surface area contributed by atoms with Gasteiger partial charge in [-0.05, 0) is 6.92 Å². The molecule has 0 bridgehead atoms. The van der Waals surface area contributed by atoms with Crippen LogP contribution in [-0.4, -0.2) is 36.0 Å². The fourth-order valence-electron chi connectivity index (χ4n) is 0.618. The first-order valence-corrected chi connectivity index (χ1v) is 4.93. The van der Waals surface area contributed by atoms with Crippen molar-refractivity contribution in [2.24, 2.45) is 0 Å². The van der Waals surface area contributed by atoms with Gasteiger partial charge >= 0.3 is 0 Å². The van der Waals surface area contributed by atoms with Gasteiger partial charge < -0.3 is 10.4 Å². The lowest BCUT2D eigenvalue weighted by Crippen LogP contribution is -2.23. The Balaban J connectivity index is 3.69. The Bertz CT molecular complexity index is 228. The van der Waals surface area contributed by atoms with Gasteiger partial charge in [-0.3, -0.25) is 9.59 Å².